The highest BCUT2D eigenvalue weighted by Crippen LogP contribution is 2.34. The van der Waals surface area contributed by atoms with Crippen LogP contribution in [-0.2, 0) is 9.47 Å². The first-order chi connectivity index (χ1) is 14.2. The second-order valence-electron chi connectivity index (χ2n) is 7.69. The van der Waals surface area contributed by atoms with Crippen molar-refractivity contribution in [2.45, 2.75) is 37.5 Å². The van der Waals surface area contributed by atoms with Gasteiger partial charge in [-0.15, -0.1) is 35.3 Å². The number of aliphatic imine (C=N–C) groups is 1. The average molecular weight is 569 g/mol. The van der Waals surface area contributed by atoms with Crippen LogP contribution in [0.3, 0.4) is 0 Å². The van der Waals surface area contributed by atoms with Crippen molar-refractivity contribution in [3.63, 3.8) is 0 Å². The van der Waals surface area contributed by atoms with Gasteiger partial charge in [-0.2, -0.15) is 11.8 Å². The first-order valence-corrected chi connectivity index (χ1v) is 12.7. The SMILES string of the molecule is CCNC(=NCC1(SC)CCOCC1)NCC(c1ccc(C)s1)N1CCOCC1.I. The van der Waals surface area contributed by atoms with Gasteiger partial charge in [-0.1, -0.05) is 0 Å². The molecule has 172 valence electrons. The van der Waals surface area contributed by atoms with E-state index in [0.29, 0.717) is 6.04 Å². The van der Waals surface area contributed by atoms with Gasteiger partial charge in [0.2, 0.25) is 0 Å². The number of rotatable bonds is 8. The number of thiophene rings is 1. The Bertz CT molecular complexity index is 647. The van der Waals surface area contributed by atoms with E-state index in [-0.39, 0.29) is 28.7 Å². The molecule has 3 rings (SSSR count). The molecule has 0 saturated carbocycles. The maximum atomic E-state index is 5.58. The maximum Gasteiger partial charge on any atom is 0.191 e. The molecule has 0 aromatic carbocycles. The number of thioether (sulfide) groups is 1. The van der Waals surface area contributed by atoms with Crippen LogP contribution >= 0.6 is 47.1 Å². The van der Waals surface area contributed by atoms with E-state index in [2.05, 4.69) is 47.8 Å². The smallest absolute Gasteiger partial charge is 0.191 e. The molecule has 0 amide bonds. The van der Waals surface area contributed by atoms with Gasteiger partial charge in [0.25, 0.3) is 0 Å². The first-order valence-electron chi connectivity index (χ1n) is 10.7. The highest BCUT2D eigenvalue weighted by Gasteiger charge is 2.31. The van der Waals surface area contributed by atoms with Crippen LogP contribution in [-0.4, -0.2) is 81.0 Å². The van der Waals surface area contributed by atoms with Gasteiger partial charge in [-0.3, -0.25) is 9.89 Å². The predicted octanol–water partition coefficient (Wildman–Crippen LogP) is 3.52. The summed E-state index contributed by atoms with van der Waals surface area (Å²) >= 11 is 3.83. The van der Waals surface area contributed by atoms with E-state index in [9.17, 15) is 0 Å². The lowest BCUT2D eigenvalue weighted by atomic mass is 9.99. The molecule has 9 heteroatoms. The van der Waals surface area contributed by atoms with Gasteiger partial charge in [-0.05, 0) is 45.1 Å². The predicted molar refractivity (Wildman–Crippen MR) is 140 cm³/mol. The molecule has 30 heavy (non-hydrogen) atoms. The molecule has 2 aliphatic heterocycles. The first kappa shape index (κ1) is 26.2. The fraction of sp³-hybridized carbons (Fsp3) is 0.762. The topological polar surface area (TPSA) is 58.1 Å². The Hall–Kier alpha value is -0.0700. The lowest BCUT2D eigenvalue weighted by Crippen LogP contribution is -2.46. The number of hydrogen-bond acceptors (Lipinski definition) is 6. The van der Waals surface area contributed by atoms with Crippen LogP contribution in [0.4, 0.5) is 0 Å². The van der Waals surface area contributed by atoms with Gasteiger partial charge in [0, 0.05) is 53.9 Å². The minimum atomic E-state index is 0. The third-order valence-electron chi connectivity index (χ3n) is 5.75. The summed E-state index contributed by atoms with van der Waals surface area (Å²) < 4.78 is 11.4. The van der Waals surface area contributed by atoms with Gasteiger partial charge in [0.05, 0.1) is 25.8 Å². The molecule has 0 bridgehead atoms. The molecule has 1 atom stereocenters. The number of nitrogens with zero attached hydrogens (tertiary/aromatic N) is 2. The number of ether oxygens (including phenoxy) is 2. The van der Waals surface area contributed by atoms with E-state index < -0.39 is 0 Å². The monoisotopic (exact) mass is 568 g/mol. The summed E-state index contributed by atoms with van der Waals surface area (Å²) in [7, 11) is 0. The Morgan fingerprint density at radius 1 is 1.20 bits per heavy atom. The van der Waals surface area contributed by atoms with Crippen LogP contribution in [0.2, 0.25) is 0 Å². The summed E-state index contributed by atoms with van der Waals surface area (Å²) in [6.07, 6.45) is 4.35. The summed E-state index contributed by atoms with van der Waals surface area (Å²) in [5.41, 5.74) is 0. The summed E-state index contributed by atoms with van der Waals surface area (Å²) in [6.45, 7) is 12.1. The van der Waals surface area contributed by atoms with Crippen molar-refractivity contribution in [2.24, 2.45) is 4.99 Å². The fourth-order valence-electron chi connectivity index (χ4n) is 3.86. The minimum Gasteiger partial charge on any atom is -0.381 e. The zero-order valence-electron chi connectivity index (χ0n) is 18.4. The van der Waals surface area contributed by atoms with E-state index in [4.69, 9.17) is 14.5 Å². The number of morpholine rings is 1. The van der Waals surface area contributed by atoms with E-state index in [1.807, 2.05) is 23.1 Å². The Morgan fingerprint density at radius 2 is 1.90 bits per heavy atom. The molecule has 6 nitrogen and oxygen atoms in total. The Labute approximate surface area is 207 Å². The highest BCUT2D eigenvalue weighted by atomic mass is 127. The quantitative estimate of drug-likeness (QED) is 0.285. The zero-order valence-corrected chi connectivity index (χ0v) is 22.4. The zero-order chi connectivity index (χ0) is 20.5. The van der Waals surface area contributed by atoms with Crippen molar-refractivity contribution in [3.05, 3.63) is 21.9 Å². The number of halogens is 1. The van der Waals surface area contributed by atoms with Gasteiger partial charge < -0.3 is 20.1 Å². The third kappa shape index (κ3) is 7.51. The van der Waals surface area contributed by atoms with Crippen LogP contribution in [0.5, 0.6) is 0 Å². The van der Waals surface area contributed by atoms with Crippen LogP contribution in [0, 0.1) is 6.92 Å². The summed E-state index contributed by atoms with van der Waals surface area (Å²) in [6, 6.07) is 4.84. The lowest BCUT2D eigenvalue weighted by molar-refractivity contribution is 0.0177. The van der Waals surface area contributed by atoms with E-state index >= 15 is 0 Å². The molecule has 1 unspecified atom stereocenters. The Morgan fingerprint density at radius 3 is 2.50 bits per heavy atom. The van der Waals surface area contributed by atoms with Crippen molar-refractivity contribution in [3.8, 4) is 0 Å². The largest absolute Gasteiger partial charge is 0.381 e. The molecule has 1 aromatic rings. The van der Waals surface area contributed by atoms with Crippen molar-refractivity contribution < 1.29 is 9.47 Å². The number of nitrogens with one attached hydrogen (secondary N) is 2. The summed E-state index contributed by atoms with van der Waals surface area (Å²) in [4.78, 5) is 10.3. The van der Waals surface area contributed by atoms with Crippen molar-refractivity contribution in [2.75, 3.05) is 65.4 Å². The lowest BCUT2D eigenvalue weighted by Gasteiger charge is -2.35. The molecule has 2 aliphatic rings. The van der Waals surface area contributed by atoms with Crippen LogP contribution in [0.1, 0.15) is 35.6 Å². The third-order valence-corrected chi connectivity index (χ3v) is 8.25. The van der Waals surface area contributed by atoms with Crippen molar-refractivity contribution in [1.29, 1.82) is 0 Å². The molecular weight excluding hydrogens is 531 g/mol. The molecule has 3 heterocycles. The standard InChI is InChI=1S/C21H36N4O2S2.HI/c1-4-22-20(24-16-21(28-3)7-11-26-12-8-21)23-15-18(19-6-5-17(2)29-19)25-9-13-27-14-10-25;/h5-6,18H,4,7-16H2,1-3H3,(H2,22,23,24);1H. The van der Waals surface area contributed by atoms with Gasteiger partial charge >= 0.3 is 0 Å². The average Bonchev–Trinajstić information content (AvgIpc) is 3.19. The van der Waals surface area contributed by atoms with Gasteiger partial charge in [0.1, 0.15) is 0 Å². The van der Waals surface area contributed by atoms with Crippen molar-refractivity contribution in [1.82, 2.24) is 15.5 Å². The number of aryl methyl sites for hydroxylation is 1. The minimum absolute atomic E-state index is 0. The Balaban J connectivity index is 0.00000320. The normalized spacial score (nSPS) is 21.0. The van der Waals surface area contributed by atoms with Crippen LogP contribution < -0.4 is 10.6 Å². The molecule has 2 N–H and O–H groups in total. The molecule has 2 saturated heterocycles. The van der Waals surface area contributed by atoms with E-state index in [0.717, 1.165) is 78.0 Å². The molecule has 0 spiro atoms. The maximum absolute atomic E-state index is 5.58. The summed E-state index contributed by atoms with van der Waals surface area (Å²) in [5, 5.41) is 7.07. The van der Waals surface area contributed by atoms with Crippen LogP contribution in [0.25, 0.3) is 0 Å². The molecule has 2 fully saturated rings. The summed E-state index contributed by atoms with van der Waals surface area (Å²) in [5.74, 6) is 0.916. The molecular formula is C21H37IN4O2S2. The highest BCUT2D eigenvalue weighted by molar-refractivity contribution is 14.0. The molecule has 0 aliphatic carbocycles. The van der Waals surface area contributed by atoms with Gasteiger partial charge in [-0.25, -0.2) is 0 Å². The van der Waals surface area contributed by atoms with Crippen molar-refractivity contribution >= 4 is 53.0 Å². The second-order valence-corrected chi connectivity index (χ2v) is 10.3. The molecule has 1 aromatic heterocycles. The van der Waals surface area contributed by atoms with Gasteiger partial charge in [0.15, 0.2) is 5.96 Å². The van der Waals surface area contributed by atoms with Crippen LogP contribution in [0.15, 0.2) is 17.1 Å². The fourth-order valence-corrected chi connectivity index (χ4v) is 5.64. The van der Waals surface area contributed by atoms with E-state index in [1.165, 1.54) is 9.75 Å². The van der Waals surface area contributed by atoms with E-state index in [1.54, 1.807) is 0 Å². The number of guanidine groups is 1. The second kappa shape index (κ2) is 13.5. The molecule has 0 radical (unpaired) electrons. The number of hydrogen-bond donors (Lipinski definition) is 2. The Kier molecular flexibility index (Phi) is 11.8.